The summed E-state index contributed by atoms with van der Waals surface area (Å²) in [5.41, 5.74) is 7.82. The Hall–Kier alpha value is -1.26. The number of hydrogen-bond donors (Lipinski definition) is 1. The molecule has 0 spiro atoms. The van der Waals surface area contributed by atoms with Crippen LogP contribution in [0.15, 0.2) is 42.7 Å². The topological polar surface area (TPSA) is 43.8 Å². The number of nitrogens with zero attached hydrogens (tertiary/aromatic N) is 2. The Morgan fingerprint density at radius 1 is 1.24 bits per heavy atom. The maximum absolute atomic E-state index is 5.46. The van der Waals surface area contributed by atoms with Crippen LogP contribution in [0, 0.1) is 0 Å². The van der Waals surface area contributed by atoms with E-state index in [4.69, 9.17) is 5.73 Å². The molecule has 2 rings (SSSR count). The van der Waals surface area contributed by atoms with Crippen LogP contribution in [0.5, 0.6) is 0 Å². The molecule has 2 aromatic rings. The Kier molecular flexibility index (Phi) is 4.64. The van der Waals surface area contributed by atoms with Gasteiger partial charge in [0.15, 0.2) is 0 Å². The number of nitrogens with two attached hydrogens (primary N) is 1. The quantitative estimate of drug-likeness (QED) is 0.797. The average Bonchev–Trinajstić information content (AvgIpc) is 2.85. The Morgan fingerprint density at radius 2 is 2.06 bits per heavy atom. The Morgan fingerprint density at radius 3 is 2.82 bits per heavy atom. The average molecular weight is 247 g/mol. The molecule has 0 fully saturated rings. The van der Waals surface area contributed by atoms with E-state index < -0.39 is 0 Å². The lowest BCUT2D eigenvalue weighted by Gasteiger charge is -1.99. The second-order valence-corrected chi connectivity index (χ2v) is 4.93. The molecule has 0 bridgehead atoms. The molecule has 0 unspecified atom stereocenters. The Labute approximate surface area is 106 Å². The summed E-state index contributed by atoms with van der Waals surface area (Å²) in [6.45, 7) is 0.774. The third kappa shape index (κ3) is 3.61. The number of para-hydroxylation sites is 1. The van der Waals surface area contributed by atoms with Crippen LogP contribution in [0.2, 0.25) is 0 Å². The predicted molar refractivity (Wildman–Crippen MR) is 73.4 cm³/mol. The van der Waals surface area contributed by atoms with Crippen LogP contribution in [0.1, 0.15) is 12.0 Å². The summed E-state index contributed by atoms with van der Waals surface area (Å²) in [5.74, 6) is 2.12. The van der Waals surface area contributed by atoms with Crippen LogP contribution < -0.4 is 5.73 Å². The molecule has 0 aliphatic carbocycles. The van der Waals surface area contributed by atoms with Gasteiger partial charge in [0.2, 0.25) is 0 Å². The van der Waals surface area contributed by atoms with Crippen molar-refractivity contribution in [2.45, 2.75) is 12.2 Å². The minimum absolute atomic E-state index is 0.774. The van der Waals surface area contributed by atoms with Gasteiger partial charge in [-0.05, 0) is 30.9 Å². The van der Waals surface area contributed by atoms with Gasteiger partial charge in [-0.3, -0.25) is 0 Å². The van der Waals surface area contributed by atoms with Gasteiger partial charge in [0.05, 0.1) is 11.9 Å². The van der Waals surface area contributed by atoms with Crippen molar-refractivity contribution in [3.63, 3.8) is 0 Å². The predicted octanol–water partition coefficient (Wildman–Crippen LogP) is 2.45. The van der Waals surface area contributed by atoms with E-state index in [1.54, 1.807) is 0 Å². The number of benzene rings is 1. The van der Waals surface area contributed by atoms with Crippen molar-refractivity contribution in [1.29, 1.82) is 0 Å². The van der Waals surface area contributed by atoms with E-state index in [9.17, 15) is 0 Å². The molecule has 0 saturated heterocycles. The summed E-state index contributed by atoms with van der Waals surface area (Å²) >= 11 is 1.91. The summed E-state index contributed by atoms with van der Waals surface area (Å²) < 4.78 is 1.92. The van der Waals surface area contributed by atoms with Crippen molar-refractivity contribution in [3.05, 3.63) is 48.3 Å². The third-order valence-corrected chi connectivity index (χ3v) is 3.53. The van der Waals surface area contributed by atoms with Crippen molar-refractivity contribution in [2.75, 3.05) is 12.3 Å². The minimum Gasteiger partial charge on any atom is -0.330 e. The van der Waals surface area contributed by atoms with Crippen LogP contribution in [0.25, 0.3) is 5.69 Å². The molecule has 0 amide bonds. The molecule has 17 heavy (non-hydrogen) atoms. The van der Waals surface area contributed by atoms with Gasteiger partial charge in [0.25, 0.3) is 0 Å². The number of thioether (sulfide) groups is 1. The van der Waals surface area contributed by atoms with Gasteiger partial charge in [0.1, 0.15) is 0 Å². The highest BCUT2D eigenvalue weighted by Gasteiger charge is 2.00. The molecule has 0 saturated carbocycles. The van der Waals surface area contributed by atoms with E-state index >= 15 is 0 Å². The molecule has 0 aliphatic heterocycles. The first-order valence-electron chi connectivity index (χ1n) is 5.77. The van der Waals surface area contributed by atoms with Crippen LogP contribution >= 0.6 is 11.8 Å². The van der Waals surface area contributed by atoms with E-state index in [1.807, 2.05) is 40.8 Å². The van der Waals surface area contributed by atoms with Gasteiger partial charge in [0, 0.05) is 17.5 Å². The first-order valence-corrected chi connectivity index (χ1v) is 6.92. The van der Waals surface area contributed by atoms with Crippen LogP contribution in [-0.2, 0) is 5.75 Å². The zero-order valence-electron chi connectivity index (χ0n) is 9.75. The molecule has 1 aromatic carbocycles. The summed E-state index contributed by atoms with van der Waals surface area (Å²) in [6, 6.07) is 10.2. The smallest absolute Gasteiger partial charge is 0.0645 e. The van der Waals surface area contributed by atoms with E-state index in [0.29, 0.717) is 0 Å². The van der Waals surface area contributed by atoms with Crippen LogP contribution in [0.3, 0.4) is 0 Å². The van der Waals surface area contributed by atoms with Gasteiger partial charge in [-0.2, -0.15) is 16.9 Å². The zero-order chi connectivity index (χ0) is 11.9. The highest BCUT2D eigenvalue weighted by molar-refractivity contribution is 7.98. The molecule has 90 valence electrons. The fourth-order valence-corrected chi connectivity index (χ4v) is 2.43. The van der Waals surface area contributed by atoms with Crippen molar-refractivity contribution in [2.24, 2.45) is 5.73 Å². The highest BCUT2D eigenvalue weighted by atomic mass is 32.2. The molecular weight excluding hydrogens is 230 g/mol. The van der Waals surface area contributed by atoms with Crippen LogP contribution in [0.4, 0.5) is 0 Å². The fourth-order valence-electron chi connectivity index (χ4n) is 1.53. The van der Waals surface area contributed by atoms with Gasteiger partial charge in [-0.15, -0.1) is 0 Å². The molecule has 1 aromatic heterocycles. The normalized spacial score (nSPS) is 10.6. The monoisotopic (exact) mass is 247 g/mol. The molecule has 0 aliphatic rings. The standard InChI is InChI=1S/C13H17N3S/c14-7-4-8-17-11-12-9-15-16(10-12)13-5-2-1-3-6-13/h1-3,5-6,9-10H,4,7-8,11,14H2. The molecular formula is C13H17N3S. The van der Waals surface area contributed by atoms with Gasteiger partial charge in [-0.1, -0.05) is 18.2 Å². The van der Waals surface area contributed by atoms with E-state index in [0.717, 1.165) is 30.2 Å². The lowest BCUT2D eigenvalue weighted by atomic mass is 10.3. The summed E-state index contributed by atoms with van der Waals surface area (Å²) in [7, 11) is 0. The molecule has 3 nitrogen and oxygen atoms in total. The summed E-state index contributed by atoms with van der Waals surface area (Å²) in [6.07, 6.45) is 5.10. The first kappa shape index (κ1) is 12.2. The number of rotatable bonds is 6. The molecule has 0 radical (unpaired) electrons. The largest absolute Gasteiger partial charge is 0.330 e. The third-order valence-electron chi connectivity index (χ3n) is 2.42. The van der Waals surface area contributed by atoms with Crippen LogP contribution in [-0.4, -0.2) is 22.1 Å². The number of hydrogen-bond acceptors (Lipinski definition) is 3. The van der Waals surface area contributed by atoms with E-state index in [-0.39, 0.29) is 0 Å². The second kappa shape index (κ2) is 6.47. The lowest BCUT2D eigenvalue weighted by Crippen LogP contribution is -1.99. The van der Waals surface area contributed by atoms with Gasteiger partial charge in [-0.25, -0.2) is 4.68 Å². The minimum atomic E-state index is 0.774. The summed E-state index contributed by atoms with van der Waals surface area (Å²) in [5, 5.41) is 4.36. The maximum atomic E-state index is 5.46. The van der Waals surface area contributed by atoms with Gasteiger partial charge >= 0.3 is 0 Å². The van der Waals surface area contributed by atoms with Crippen molar-refractivity contribution in [3.8, 4) is 5.69 Å². The fraction of sp³-hybridized carbons (Fsp3) is 0.308. The lowest BCUT2D eigenvalue weighted by molar-refractivity contribution is 0.880. The van der Waals surface area contributed by atoms with Gasteiger partial charge < -0.3 is 5.73 Å². The van der Waals surface area contributed by atoms with E-state index in [1.165, 1.54) is 5.56 Å². The molecule has 1 heterocycles. The first-order chi connectivity index (χ1) is 8.40. The highest BCUT2D eigenvalue weighted by Crippen LogP contribution is 2.14. The molecule has 2 N–H and O–H groups in total. The Balaban J connectivity index is 1.92. The van der Waals surface area contributed by atoms with Crippen molar-refractivity contribution >= 4 is 11.8 Å². The van der Waals surface area contributed by atoms with E-state index in [2.05, 4.69) is 23.4 Å². The zero-order valence-corrected chi connectivity index (χ0v) is 10.6. The van der Waals surface area contributed by atoms with Crippen molar-refractivity contribution < 1.29 is 0 Å². The maximum Gasteiger partial charge on any atom is 0.0645 e. The number of aromatic nitrogens is 2. The van der Waals surface area contributed by atoms with Crippen molar-refractivity contribution in [1.82, 2.24) is 9.78 Å². The molecule has 0 atom stereocenters. The Bertz CT molecular complexity index is 439. The summed E-state index contributed by atoms with van der Waals surface area (Å²) in [4.78, 5) is 0. The molecule has 4 heteroatoms. The SMILES string of the molecule is NCCCSCc1cnn(-c2ccccc2)c1. The second-order valence-electron chi connectivity index (χ2n) is 3.82.